The van der Waals surface area contributed by atoms with Gasteiger partial charge in [0.05, 0.1) is 11.2 Å². The van der Waals surface area contributed by atoms with E-state index in [1.807, 2.05) is 0 Å². The summed E-state index contributed by atoms with van der Waals surface area (Å²) in [5.41, 5.74) is 0.341. The maximum absolute atomic E-state index is 13.0. The number of sulfonamides is 1. The minimum absolute atomic E-state index is 0.0944. The molecule has 1 aromatic carbocycles. The predicted octanol–water partition coefficient (Wildman–Crippen LogP) is 1.28. The van der Waals surface area contributed by atoms with Crippen LogP contribution >= 0.6 is 0 Å². The summed E-state index contributed by atoms with van der Waals surface area (Å²) in [6, 6.07) is 7.48. The van der Waals surface area contributed by atoms with Crippen LogP contribution in [-0.4, -0.2) is 34.6 Å². The van der Waals surface area contributed by atoms with E-state index in [-0.39, 0.29) is 11.4 Å². The van der Waals surface area contributed by atoms with Crippen molar-refractivity contribution in [3.8, 4) is 0 Å². The Hall–Kier alpha value is -1.84. The average molecular weight is 358 g/mol. The van der Waals surface area contributed by atoms with Crippen LogP contribution in [0.5, 0.6) is 0 Å². The topological polar surface area (TPSA) is 93.2 Å². The van der Waals surface area contributed by atoms with Crippen molar-refractivity contribution in [1.82, 2.24) is 9.71 Å². The van der Waals surface area contributed by atoms with E-state index >= 15 is 0 Å². The Labute approximate surface area is 134 Å². The molecule has 1 N–H and O–H groups in total. The maximum Gasteiger partial charge on any atom is 0.208 e. The molecule has 0 spiro atoms. The van der Waals surface area contributed by atoms with Gasteiger partial charge >= 0.3 is 0 Å². The number of hydrogen-bond donors (Lipinski definition) is 1. The summed E-state index contributed by atoms with van der Waals surface area (Å²) in [6.07, 6.45) is 3.78. The normalized spacial score (nSPS) is 13.7. The summed E-state index contributed by atoms with van der Waals surface area (Å²) >= 11 is 0. The minimum atomic E-state index is -3.93. The molecule has 6 nitrogen and oxygen atoms in total. The van der Waals surface area contributed by atoms with E-state index in [9.17, 15) is 21.2 Å². The molecule has 0 unspecified atom stereocenters. The Bertz CT molecular complexity index is 867. The van der Waals surface area contributed by atoms with Crippen molar-refractivity contribution in [3.63, 3.8) is 0 Å². The van der Waals surface area contributed by atoms with Crippen LogP contribution in [0.4, 0.5) is 4.39 Å². The maximum atomic E-state index is 13.0. The molecule has 9 heteroatoms. The van der Waals surface area contributed by atoms with Crippen LogP contribution in [0.1, 0.15) is 10.8 Å². The summed E-state index contributed by atoms with van der Waals surface area (Å²) in [5.74, 6) is -0.559. The number of sulfone groups is 1. The monoisotopic (exact) mass is 358 g/mol. The molecule has 0 aliphatic carbocycles. The molecular formula is C14H15FN2O4S2. The number of benzene rings is 1. The van der Waals surface area contributed by atoms with Crippen molar-refractivity contribution in [2.45, 2.75) is 10.1 Å². The molecule has 1 atom stereocenters. The van der Waals surface area contributed by atoms with E-state index in [0.717, 1.165) is 30.5 Å². The third kappa shape index (κ3) is 4.57. The van der Waals surface area contributed by atoms with Crippen LogP contribution in [0.3, 0.4) is 0 Å². The smallest absolute Gasteiger partial charge is 0.208 e. The Morgan fingerprint density at radius 3 is 2.30 bits per heavy atom. The fourth-order valence-electron chi connectivity index (χ4n) is 1.99. The lowest BCUT2D eigenvalue weighted by Gasteiger charge is -2.18. The third-order valence-electron chi connectivity index (χ3n) is 3.10. The van der Waals surface area contributed by atoms with Crippen LogP contribution in [0.15, 0.2) is 53.7 Å². The van der Waals surface area contributed by atoms with Gasteiger partial charge in [0.1, 0.15) is 11.1 Å². The fourth-order valence-corrected chi connectivity index (χ4v) is 4.21. The lowest BCUT2D eigenvalue weighted by atomic mass is 10.2. The minimum Gasteiger partial charge on any atom is -0.264 e. The van der Waals surface area contributed by atoms with Gasteiger partial charge in [0.15, 0.2) is 9.84 Å². The van der Waals surface area contributed by atoms with Crippen molar-refractivity contribution in [2.24, 2.45) is 0 Å². The van der Waals surface area contributed by atoms with Crippen LogP contribution < -0.4 is 4.72 Å². The Morgan fingerprint density at radius 1 is 1.13 bits per heavy atom. The lowest BCUT2D eigenvalue weighted by Crippen LogP contribution is -2.31. The first-order chi connectivity index (χ1) is 10.7. The number of hydrogen-bond acceptors (Lipinski definition) is 5. The van der Waals surface area contributed by atoms with Crippen molar-refractivity contribution in [3.05, 3.63) is 60.2 Å². The number of halogens is 1. The second-order valence-electron chi connectivity index (χ2n) is 4.89. The van der Waals surface area contributed by atoms with E-state index in [1.165, 1.54) is 12.4 Å². The second-order valence-corrected chi connectivity index (χ2v) is 8.86. The molecule has 23 heavy (non-hydrogen) atoms. The van der Waals surface area contributed by atoms with Gasteiger partial charge in [-0.25, -0.2) is 25.9 Å². The van der Waals surface area contributed by atoms with Gasteiger partial charge in [-0.2, -0.15) is 0 Å². The zero-order valence-electron chi connectivity index (χ0n) is 12.2. The molecule has 0 fully saturated rings. The lowest BCUT2D eigenvalue weighted by molar-refractivity contribution is 0.571. The summed E-state index contributed by atoms with van der Waals surface area (Å²) < 4.78 is 63.4. The van der Waals surface area contributed by atoms with Crippen molar-refractivity contribution >= 4 is 19.9 Å². The molecular weight excluding hydrogens is 343 g/mol. The predicted molar refractivity (Wildman–Crippen MR) is 83.4 cm³/mol. The van der Waals surface area contributed by atoms with Gasteiger partial charge in [0.25, 0.3) is 0 Å². The fraction of sp³-hybridized carbons (Fsp3) is 0.214. The van der Waals surface area contributed by atoms with E-state index in [2.05, 4.69) is 9.71 Å². The number of nitrogens with one attached hydrogen (secondary N) is 1. The molecule has 0 radical (unpaired) electrons. The summed E-state index contributed by atoms with van der Waals surface area (Å²) in [5, 5.41) is -1.17. The van der Waals surface area contributed by atoms with Gasteiger partial charge < -0.3 is 0 Å². The number of pyridine rings is 1. The summed E-state index contributed by atoms with van der Waals surface area (Å²) in [6.45, 7) is -0.343. The van der Waals surface area contributed by atoms with Crippen LogP contribution in [-0.2, 0) is 19.9 Å². The number of aromatic nitrogens is 1. The zero-order valence-corrected chi connectivity index (χ0v) is 13.8. The van der Waals surface area contributed by atoms with E-state index < -0.39 is 30.9 Å². The quantitative estimate of drug-likeness (QED) is 0.785. The molecule has 124 valence electrons. The van der Waals surface area contributed by atoms with Gasteiger partial charge in [0, 0.05) is 18.9 Å². The Balaban J connectivity index is 2.45. The molecule has 1 aromatic heterocycles. The van der Waals surface area contributed by atoms with Crippen LogP contribution in [0.2, 0.25) is 0 Å². The third-order valence-corrected chi connectivity index (χ3v) is 5.91. The van der Waals surface area contributed by atoms with Crippen molar-refractivity contribution < 1.29 is 21.2 Å². The van der Waals surface area contributed by atoms with Gasteiger partial charge in [-0.3, -0.25) is 4.98 Å². The molecule has 0 aliphatic heterocycles. The highest BCUT2D eigenvalue weighted by Gasteiger charge is 2.30. The van der Waals surface area contributed by atoms with Crippen molar-refractivity contribution in [1.29, 1.82) is 0 Å². The molecule has 0 saturated carbocycles. The van der Waals surface area contributed by atoms with Gasteiger partial charge in [-0.1, -0.05) is 6.07 Å². The largest absolute Gasteiger partial charge is 0.264 e. The molecule has 0 bridgehead atoms. The standard InChI is InChI=1S/C14H15FN2O4S2/c1-22(18,19)17-10-14(11-3-2-8-16-9-11)23(20,21)13-6-4-12(15)5-7-13/h2-9,14,17H,10H2,1H3/t14-/m0/s1. The SMILES string of the molecule is CS(=O)(=O)NC[C@@H](c1cccnc1)S(=O)(=O)c1ccc(F)cc1. The van der Waals surface area contributed by atoms with E-state index in [4.69, 9.17) is 0 Å². The van der Waals surface area contributed by atoms with Crippen LogP contribution in [0, 0.1) is 5.82 Å². The number of rotatable bonds is 6. The molecule has 1 heterocycles. The highest BCUT2D eigenvalue weighted by atomic mass is 32.2. The highest BCUT2D eigenvalue weighted by Crippen LogP contribution is 2.28. The van der Waals surface area contributed by atoms with E-state index in [1.54, 1.807) is 12.1 Å². The van der Waals surface area contributed by atoms with Crippen molar-refractivity contribution in [2.75, 3.05) is 12.8 Å². The molecule has 2 aromatic rings. The first-order valence-electron chi connectivity index (χ1n) is 6.54. The molecule has 0 aliphatic rings. The van der Waals surface area contributed by atoms with Gasteiger partial charge in [-0.15, -0.1) is 0 Å². The zero-order chi connectivity index (χ0) is 17.1. The van der Waals surface area contributed by atoms with E-state index in [0.29, 0.717) is 5.56 Å². The summed E-state index contributed by atoms with van der Waals surface area (Å²) in [4.78, 5) is 3.78. The Kier molecular flexibility index (Phi) is 5.12. The first-order valence-corrected chi connectivity index (χ1v) is 9.98. The molecule has 2 rings (SSSR count). The summed E-state index contributed by atoms with van der Waals surface area (Å²) in [7, 11) is -7.50. The molecule has 0 saturated heterocycles. The second kappa shape index (κ2) is 6.73. The number of nitrogens with zero attached hydrogens (tertiary/aromatic N) is 1. The average Bonchev–Trinajstić information content (AvgIpc) is 2.47. The van der Waals surface area contributed by atoms with Gasteiger partial charge in [0.2, 0.25) is 10.0 Å². The first kappa shape index (κ1) is 17.5. The van der Waals surface area contributed by atoms with Crippen LogP contribution in [0.25, 0.3) is 0 Å². The highest BCUT2D eigenvalue weighted by molar-refractivity contribution is 7.92. The van der Waals surface area contributed by atoms with Gasteiger partial charge in [-0.05, 0) is 35.9 Å². The molecule has 0 amide bonds. The Morgan fingerprint density at radius 2 is 1.78 bits per heavy atom.